The van der Waals surface area contributed by atoms with Gasteiger partial charge in [0.25, 0.3) is 0 Å². The molecule has 1 aliphatic rings. The fourth-order valence-electron chi connectivity index (χ4n) is 5.28. The third-order valence-corrected chi connectivity index (χ3v) is 7.93. The fourth-order valence-corrected chi connectivity index (χ4v) is 5.90. The highest BCUT2D eigenvalue weighted by Crippen LogP contribution is 2.40. The van der Waals surface area contributed by atoms with Crippen molar-refractivity contribution in [3.05, 3.63) is 65.7 Å². The van der Waals surface area contributed by atoms with Gasteiger partial charge in [-0.15, -0.1) is 0 Å². The molecule has 0 aromatic heterocycles. The molecule has 0 fully saturated rings. The molecular weight excluding hydrogens is 526 g/mol. The van der Waals surface area contributed by atoms with E-state index >= 15 is 0 Å². The van der Waals surface area contributed by atoms with Gasteiger partial charge in [0.2, 0.25) is 11.6 Å². The maximum absolute atomic E-state index is 12.6. The van der Waals surface area contributed by atoms with Crippen LogP contribution in [-0.4, -0.2) is 77.3 Å². The molecule has 3 rings (SSSR count). The number of carbonyl (C=O) groups is 1. The van der Waals surface area contributed by atoms with Gasteiger partial charge in [0.05, 0.1) is 18.6 Å². The Morgan fingerprint density at radius 3 is 2.26 bits per heavy atom. The lowest BCUT2D eigenvalue weighted by Gasteiger charge is -2.22. The van der Waals surface area contributed by atoms with E-state index in [1.165, 1.54) is 17.0 Å². The molecule has 0 saturated heterocycles. The number of carbonyl (C=O) groups excluding carboxylic acids is 1. The Bertz CT molecular complexity index is 1120. The Morgan fingerprint density at radius 1 is 1.00 bits per heavy atom. The van der Waals surface area contributed by atoms with Gasteiger partial charge in [0, 0.05) is 55.4 Å². The predicted molar refractivity (Wildman–Crippen MR) is 169 cm³/mol. The number of amides is 1. The van der Waals surface area contributed by atoms with Crippen molar-refractivity contribution < 1.29 is 19.6 Å². The Hall–Kier alpha value is -2.26. The molecule has 0 saturated carbocycles. The molecule has 0 radical (unpaired) electrons. The number of benzene rings is 2. The highest BCUT2D eigenvalue weighted by Gasteiger charge is 2.43. The Labute approximate surface area is 244 Å². The monoisotopic (exact) mass is 570 g/mol. The molecule has 2 aromatic rings. The summed E-state index contributed by atoms with van der Waals surface area (Å²) in [7, 11) is 0. The van der Waals surface area contributed by atoms with E-state index in [9.17, 15) is 15.0 Å². The number of nitrogens with zero attached hydrogens (tertiary/aromatic N) is 2. The number of allylic oxidation sites excluding steroid dienone is 1. The van der Waals surface area contributed by atoms with Crippen molar-refractivity contribution in [1.82, 2.24) is 5.32 Å². The van der Waals surface area contributed by atoms with Crippen molar-refractivity contribution in [1.29, 1.82) is 0 Å². The molecule has 1 amide bonds. The zero-order chi connectivity index (χ0) is 28.3. The van der Waals surface area contributed by atoms with E-state index < -0.39 is 0 Å². The molecule has 0 spiro atoms. The number of nitrogens with one attached hydrogen (secondary N) is 1. The van der Waals surface area contributed by atoms with E-state index in [0.29, 0.717) is 31.1 Å². The van der Waals surface area contributed by atoms with Crippen LogP contribution in [0, 0.1) is 5.92 Å². The number of thiol groups is 2. The van der Waals surface area contributed by atoms with E-state index in [2.05, 4.69) is 97.5 Å². The second kappa shape index (κ2) is 15.5. The predicted octanol–water partition coefficient (Wildman–Crippen LogP) is 4.33. The molecule has 8 heteroatoms. The number of anilines is 1. The third kappa shape index (κ3) is 8.13. The molecule has 39 heavy (non-hydrogen) atoms. The van der Waals surface area contributed by atoms with Crippen LogP contribution in [0.25, 0.3) is 6.08 Å². The summed E-state index contributed by atoms with van der Waals surface area (Å²) in [4.78, 5) is 14.6. The molecule has 3 N–H and O–H groups in total. The van der Waals surface area contributed by atoms with Gasteiger partial charge < -0.3 is 20.4 Å². The van der Waals surface area contributed by atoms with Crippen molar-refractivity contribution in [2.45, 2.75) is 38.5 Å². The van der Waals surface area contributed by atoms with E-state index in [1.54, 1.807) is 0 Å². The van der Waals surface area contributed by atoms with Gasteiger partial charge in [0.1, 0.15) is 0 Å². The summed E-state index contributed by atoms with van der Waals surface area (Å²) in [6, 6.07) is 16.7. The maximum Gasteiger partial charge on any atom is 0.223 e. The van der Waals surface area contributed by atoms with Gasteiger partial charge in [0.15, 0.2) is 12.3 Å². The summed E-state index contributed by atoms with van der Waals surface area (Å²) in [5, 5.41) is 21.8. The van der Waals surface area contributed by atoms with Gasteiger partial charge in [-0.05, 0) is 62.0 Å². The fraction of sp³-hybridized carbons (Fsp3) is 0.484. The highest BCUT2D eigenvalue weighted by atomic mass is 32.1. The summed E-state index contributed by atoms with van der Waals surface area (Å²) in [5.41, 5.74) is 5.65. The van der Waals surface area contributed by atoms with Crippen LogP contribution in [0.4, 0.5) is 11.4 Å². The molecule has 1 heterocycles. The number of rotatable bonds is 16. The number of para-hydroxylation sites is 1. The zero-order valence-corrected chi connectivity index (χ0v) is 25.0. The van der Waals surface area contributed by atoms with Crippen LogP contribution >= 0.6 is 25.3 Å². The van der Waals surface area contributed by atoms with E-state index in [0.717, 1.165) is 37.1 Å². The second-order valence-electron chi connectivity index (χ2n) is 10.4. The van der Waals surface area contributed by atoms with Crippen molar-refractivity contribution >= 4 is 54.3 Å². The van der Waals surface area contributed by atoms with Crippen LogP contribution in [0.15, 0.2) is 54.6 Å². The van der Waals surface area contributed by atoms with Crippen molar-refractivity contribution in [3.63, 3.8) is 0 Å². The molecule has 0 unspecified atom stereocenters. The number of fused-ring (bicyclic) bond motifs is 1. The number of hydrogen-bond donors (Lipinski definition) is 5. The van der Waals surface area contributed by atoms with Gasteiger partial charge in [-0.1, -0.05) is 30.3 Å². The molecule has 0 aliphatic carbocycles. The van der Waals surface area contributed by atoms with Gasteiger partial charge in [-0.25, -0.2) is 0 Å². The SMILES string of the molecule is CC1(C)C(/C=C/c2ccc(N(CCO)CCO)cc2)=[N+](CCCNC(=O)C(CCS)CCS)c2ccccc21. The number of aliphatic hydroxyl groups is 2. The van der Waals surface area contributed by atoms with Crippen LogP contribution in [0.2, 0.25) is 0 Å². The Morgan fingerprint density at radius 2 is 1.64 bits per heavy atom. The third-order valence-electron chi connectivity index (χ3n) is 7.41. The van der Waals surface area contributed by atoms with Crippen LogP contribution in [0.1, 0.15) is 44.2 Å². The summed E-state index contributed by atoms with van der Waals surface area (Å²) >= 11 is 8.61. The summed E-state index contributed by atoms with van der Waals surface area (Å²) in [6.45, 7) is 7.02. The first-order chi connectivity index (χ1) is 18.9. The molecular formula is C31H44N3O3S2+. The highest BCUT2D eigenvalue weighted by molar-refractivity contribution is 7.80. The standard InChI is InChI=1S/C31H43N3O3S2/c1-31(2)27-6-3-4-7-28(27)34(17-5-16-32-30(37)25(14-22-38)15-23-39)29(31)13-10-24-8-11-26(12-9-24)33(18-20-35)19-21-36/h3-4,6-13,25,35-36H,5,14-23H2,1-2H3,(H2-,32,37,38,39)/p+1. The minimum Gasteiger partial charge on any atom is -0.395 e. The van der Waals surface area contributed by atoms with Gasteiger partial charge in [-0.3, -0.25) is 4.79 Å². The van der Waals surface area contributed by atoms with Gasteiger partial charge in [-0.2, -0.15) is 29.8 Å². The first-order valence-corrected chi connectivity index (χ1v) is 15.1. The molecule has 0 bridgehead atoms. The van der Waals surface area contributed by atoms with Gasteiger partial charge >= 0.3 is 0 Å². The average molecular weight is 571 g/mol. The second-order valence-corrected chi connectivity index (χ2v) is 11.3. The van der Waals surface area contributed by atoms with E-state index in [-0.39, 0.29) is 30.5 Å². The van der Waals surface area contributed by atoms with Crippen LogP contribution in [0.5, 0.6) is 0 Å². The van der Waals surface area contributed by atoms with E-state index in [4.69, 9.17) is 0 Å². The van der Waals surface area contributed by atoms with Crippen LogP contribution < -0.4 is 10.2 Å². The van der Waals surface area contributed by atoms with E-state index in [1.807, 2.05) is 17.0 Å². The quantitative estimate of drug-likeness (QED) is 0.118. The molecule has 0 atom stereocenters. The minimum absolute atomic E-state index is 0.0257. The molecule has 2 aromatic carbocycles. The van der Waals surface area contributed by atoms with Crippen molar-refractivity contribution in [3.8, 4) is 0 Å². The van der Waals surface area contributed by atoms with Crippen LogP contribution in [0.3, 0.4) is 0 Å². The Kier molecular flexibility index (Phi) is 12.4. The normalized spacial score (nSPS) is 14.3. The minimum atomic E-state index is -0.153. The summed E-state index contributed by atoms with van der Waals surface area (Å²) < 4.78 is 2.38. The Balaban J connectivity index is 1.77. The number of aliphatic hydroxyl groups excluding tert-OH is 2. The lowest BCUT2D eigenvalue weighted by Crippen LogP contribution is -2.33. The maximum atomic E-state index is 12.6. The summed E-state index contributed by atoms with van der Waals surface area (Å²) in [6.07, 6.45) is 6.73. The smallest absolute Gasteiger partial charge is 0.223 e. The first kappa shape index (κ1) is 31.3. The molecule has 212 valence electrons. The molecule has 6 nitrogen and oxygen atoms in total. The number of hydrogen-bond acceptors (Lipinski definition) is 6. The molecule has 1 aliphatic heterocycles. The summed E-state index contributed by atoms with van der Waals surface area (Å²) in [5.74, 6) is 1.47. The lowest BCUT2D eigenvalue weighted by molar-refractivity contribution is -0.437. The topological polar surface area (TPSA) is 75.8 Å². The van der Waals surface area contributed by atoms with Crippen molar-refractivity contribution in [2.75, 3.05) is 55.8 Å². The van der Waals surface area contributed by atoms with Crippen molar-refractivity contribution in [2.24, 2.45) is 5.92 Å². The largest absolute Gasteiger partial charge is 0.395 e. The van der Waals surface area contributed by atoms with Crippen LogP contribution in [-0.2, 0) is 10.2 Å². The first-order valence-electron chi connectivity index (χ1n) is 13.9. The zero-order valence-electron chi connectivity index (χ0n) is 23.2. The lowest BCUT2D eigenvalue weighted by atomic mass is 9.81. The average Bonchev–Trinajstić information content (AvgIpc) is 3.15.